The van der Waals surface area contributed by atoms with Crippen molar-refractivity contribution in [2.45, 2.75) is 125 Å². The van der Waals surface area contributed by atoms with Gasteiger partial charge in [-0.25, -0.2) is 0 Å². The largest absolute Gasteiger partial charge is 0.507 e. The third-order valence-corrected chi connectivity index (χ3v) is 7.15. The quantitative estimate of drug-likeness (QED) is 0.231. The molecule has 0 radical (unpaired) electrons. The summed E-state index contributed by atoms with van der Waals surface area (Å²) >= 11 is 0. The van der Waals surface area contributed by atoms with E-state index in [2.05, 4.69) is 46.9 Å². The summed E-state index contributed by atoms with van der Waals surface area (Å²) in [5.74, 6) is 0.759. The summed E-state index contributed by atoms with van der Waals surface area (Å²) in [6.45, 7) is 20.9. The van der Waals surface area contributed by atoms with E-state index in [-0.39, 0.29) is 34.7 Å². The molecule has 0 fully saturated rings. The molecule has 3 N–H and O–H groups in total. The molecule has 222 valence electrons. The molecule has 0 unspecified atom stereocenters. The number of rotatable bonds is 12. The SMILES string of the molecule is CCC(CC)Oc1cc(C=CC(=O)NCc2cc(C(C)(C)C)c(O)c(C(C)(C)C)c2)cc(OC(CC)CC)c1O. The van der Waals surface area contributed by atoms with E-state index in [0.29, 0.717) is 29.4 Å². The van der Waals surface area contributed by atoms with Gasteiger partial charge in [-0.3, -0.25) is 4.79 Å². The summed E-state index contributed by atoms with van der Waals surface area (Å²) in [4.78, 5) is 12.8. The zero-order valence-corrected chi connectivity index (χ0v) is 26.3. The summed E-state index contributed by atoms with van der Waals surface area (Å²) in [6.07, 6.45) is 6.36. The van der Waals surface area contributed by atoms with Crippen molar-refractivity contribution in [2.24, 2.45) is 0 Å². The van der Waals surface area contributed by atoms with Crippen LogP contribution in [-0.4, -0.2) is 28.3 Å². The van der Waals surface area contributed by atoms with Crippen LogP contribution in [0.25, 0.3) is 6.08 Å². The predicted octanol–water partition coefficient (Wildman–Crippen LogP) is 8.16. The van der Waals surface area contributed by atoms with E-state index in [1.54, 1.807) is 18.2 Å². The van der Waals surface area contributed by atoms with E-state index in [0.717, 1.165) is 42.4 Å². The van der Waals surface area contributed by atoms with Crippen LogP contribution in [0.5, 0.6) is 23.0 Å². The molecule has 2 aromatic carbocycles. The predicted molar refractivity (Wildman–Crippen MR) is 164 cm³/mol. The Hall–Kier alpha value is -3.15. The van der Waals surface area contributed by atoms with Gasteiger partial charge in [-0.05, 0) is 89.1 Å². The maximum atomic E-state index is 12.8. The summed E-state index contributed by atoms with van der Waals surface area (Å²) in [6, 6.07) is 7.42. The first-order chi connectivity index (χ1) is 18.6. The molecule has 0 saturated heterocycles. The van der Waals surface area contributed by atoms with Crippen LogP contribution >= 0.6 is 0 Å². The Morgan fingerprint density at radius 1 is 0.775 bits per heavy atom. The second-order valence-corrected chi connectivity index (χ2v) is 12.6. The number of phenolic OH excluding ortho intramolecular Hbond substituents is 2. The van der Waals surface area contributed by atoms with Gasteiger partial charge in [0.15, 0.2) is 11.5 Å². The monoisotopic (exact) mass is 553 g/mol. The smallest absolute Gasteiger partial charge is 0.244 e. The molecule has 2 rings (SSSR count). The van der Waals surface area contributed by atoms with Crippen molar-refractivity contribution in [3.63, 3.8) is 0 Å². The highest BCUT2D eigenvalue weighted by Gasteiger charge is 2.26. The normalized spacial score (nSPS) is 12.4. The van der Waals surface area contributed by atoms with Gasteiger partial charge in [0.05, 0.1) is 12.2 Å². The van der Waals surface area contributed by atoms with Crippen molar-refractivity contribution in [3.05, 3.63) is 52.6 Å². The zero-order chi connectivity index (χ0) is 30.3. The van der Waals surface area contributed by atoms with E-state index in [1.165, 1.54) is 6.08 Å². The summed E-state index contributed by atoms with van der Waals surface area (Å²) in [5.41, 5.74) is 2.86. The van der Waals surface area contributed by atoms with Crippen LogP contribution in [0.3, 0.4) is 0 Å². The highest BCUT2D eigenvalue weighted by atomic mass is 16.5. The fourth-order valence-electron chi connectivity index (χ4n) is 4.51. The fourth-order valence-corrected chi connectivity index (χ4v) is 4.51. The third-order valence-electron chi connectivity index (χ3n) is 7.15. The van der Waals surface area contributed by atoms with Gasteiger partial charge in [-0.2, -0.15) is 0 Å². The van der Waals surface area contributed by atoms with Crippen LogP contribution in [0.15, 0.2) is 30.3 Å². The molecule has 1 amide bonds. The maximum absolute atomic E-state index is 12.8. The van der Waals surface area contributed by atoms with Crippen molar-refractivity contribution in [2.75, 3.05) is 0 Å². The number of phenols is 2. The van der Waals surface area contributed by atoms with Crippen molar-refractivity contribution in [1.82, 2.24) is 5.32 Å². The average molecular weight is 554 g/mol. The summed E-state index contributed by atoms with van der Waals surface area (Å²) in [7, 11) is 0. The van der Waals surface area contributed by atoms with Gasteiger partial charge in [0.25, 0.3) is 0 Å². The van der Waals surface area contributed by atoms with Gasteiger partial charge in [0.1, 0.15) is 5.75 Å². The van der Waals surface area contributed by atoms with Crippen LogP contribution in [0.4, 0.5) is 0 Å². The second kappa shape index (κ2) is 14.0. The van der Waals surface area contributed by atoms with Crippen LogP contribution in [-0.2, 0) is 22.2 Å². The van der Waals surface area contributed by atoms with Gasteiger partial charge in [-0.1, -0.05) is 69.2 Å². The Labute approximate surface area is 241 Å². The molecule has 0 bridgehead atoms. The van der Waals surface area contributed by atoms with Crippen molar-refractivity contribution in [3.8, 4) is 23.0 Å². The van der Waals surface area contributed by atoms with E-state index >= 15 is 0 Å². The maximum Gasteiger partial charge on any atom is 0.244 e. The van der Waals surface area contributed by atoms with Crippen molar-refractivity contribution in [1.29, 1.82) is 0 Å². The number of nitrogens with one attached hydrogen (secondary N) is 1. The number of benzene rings is 2. The van der Waals surface area contributed by atoms with Crippen molar-refractivity contribution < 1.29 is 24.5 Å². The number of carbonyl (C=O) groups is 1. The Balaban J connectivity index is 2.32. The van der Waals surface area contributed by atoms with Crippen LogP contribution < -0.4 is 14.8 Å². The minimum Gasteiger partial charge on any atom is -0.507 e. The van der Waals surface area contributed by atoms with Gasteiger partial charge >= 0.3 is 0 Å². The number of ether oxygens (including phenoxy) is 2. The Morgan fingerprint density at radius 2 is 1.20 bits per heavy atom. The fraction of sp³-hybridized carbons (Fsp3) is 0.559. The molecule has 0 aliphatic heterocycles. The summed E-state index contributed by atoms with van der Waals surface area (Å²) < 4.78 is 12.2. The van der Waals surface area contributed by atoms with Crippen LogP contribution in [0, 0.1) is 0 Å². The molecule has 2 aromatic rings. The van der Waals surface area contributed by atoms with Gasteiger partial charge < -0.3 is 25.0 Å². The van der Waals surface area contributed by atoms with Gasteiger partial charge in [0.2, 0.25) is 11.7 Å². The number of carbonyl (C=O) groups excluding carboxylic acids is 1. The first-order valence-corrected chi connectivity index (χ1v) is 14.7. The average Bonchev–Trinajstić information content (AvgIpc) is 2.88. The van der Waals surface area contributed by atoms with E-state index < -0.39 is 0 Å². The van der Waals surface area contributed by atoms with Crippen molar-refractivity contribution >= 4 is 12.0 Å². The lowest BCUT2D eigenvalue weighted by molar-refractivity contribution is -0.116. The first kappa shape index (κ1) is 33.1. The molecule has 0 atom stereocenters. The molecule has 0 saturated carbocycles. The van der Waals surface area contributed by atoms with Gasteiger partial charge in [0, 0.05) is 12.6 Å². The van der Waals surface area contributed by atoms with E-state index in [1.807, 2.05) is 39.8 Å². The minimum absolute atomic E-state index is 0.0166. The molecule has 40 heavy (non-hydrogen) atoms. The zero-order valence-electron chi connectivity index (χ0n) is 26.3. The van der Waals surface area contributed by atoms with Crippen LogP contribution in [0.1, 0.15) is 117 Å². The molecular formula is C34H51NO5. The Kier molecular flexibility index (Phi) is 11.5. The highest BCUT2D eigenvalue weighted by molar-refractivity contribution is 5.91. The number of hydrogen-bond acceptors (Lipinski definition) is 5. The van der Waals surface area contributed by atoms with E-state index in [9.17, 15) is 15.0 Å². The minimum atomic E-state index is -0.249. The lowest BCUT2D eigenvalue weighted by Gasteiger charge is -2.28. The van der Waals surface area contributed by atoms with Gasteiger partial charge in [-0.15, -0.1) is 0 Å². The number of hydrogen-bond donors (Lipinski definition) is 3. The molecule has 6 nitrogen and oxygen atoms in total. The lowest BCUT2D eigenvalue weighted by atomic mass is 9.78. The van der Waals surface area contributed by atoms with Crippen LogP contribution in [0.2, 0.25) is 0 Å². The second-order valence-electron chi connectivity index (χ2n) is 12.6. The molecule has 0 aliphatic rings. The molecule has 0 heterocycles. The molecule has 6 heteroatoms. The number of amides is 1. The number of aromatic hydroxyl groups is 2. The molecule has 0 spiro atoms. The Morgan fingerprint density at radius 3 is 1.57 bits per heavy atom. The first-order valence-electron chi connectivity index (χ1n) is 14.7. The molecular weight excluding hydrogens is 502 g/mol. The Bertz CT molecular complexity index is 1090. The molecule has 0 aliphatic carbocycles. The lowest BCUT2D eigenvalue weighted by Crippen LogP contribution is -2.22. The highest BCUT2D eigenvalue weighted by Crippen LogP contribution is 2.41. The summed E-state index contributed by atoms with van der Waals surface area (Å²) in [5, 5.41) is 24.8. The van der Waals surface area contributed by atoms with E-state index in [4.69, 9.17) is 9.47 Å². The molecule has 0 aromatic heterocycles. The standard InChI is InChI=1S/C34H51NO5/c1-11-24(12-2)39-28-19-22(20-29(32(28)38)40-25(13-3)14-4)15-16-30(36)35-21-23-17-26(33(5,6)7)31(37)27(18-23)34(8,9)10/h15-20,24-25,37-38H,11-14,21H2,1-10H3,(H,35,36). The topological polar surface area (TPSA) is 88.0 Å². The third kappa shape index (κ3) is 8.94.